The smallest absolute Gasteiger partial charge is 0.274 e. The highest BCUT2D eigenvalue weighted by molar-refractivity contribution is 6.33. The van der Waals surface area contributed by atoms with E-state index < -0.39 is 35.5 Å². The van der Waals surface area contributed by atoms with E-state index in [1.807, 2.05) is 23.1 Å². The van der Waals surface area contributed by atoms with Gasteiger partial charge in [0.1, 0.15) is 11.9 Å². The lowest BCUT2D eigenvalue weighted by Gasteiger charge is -2.49. The summed E-state index contributed by atoms with van der Waals surface area (Å²) in [5.41, 5.74) is 2.18. The van der Waals surface area contributed by atoms with Crippen LogP contribution >= 0.6 is 11.6 Å². The zero-order valence-electron chi connectivity index (χ0n) is 32.0. The molecular weight excluding hydrogens is 767 g/mol. The summed E-state index contributed by atoms with van der Waals surface area (Å²) in [5.74, 6) is -2.62. The number of carbonyl (C=O) groups excluding carboxylic acids is 5. The molecule has 1 unspecified atom stereocenters. The fourth-order valence-electron chi connectivity index (χ4n) is 9.67. The number of rotatable bonds is 6. The van der Waals surface area contributed by atoms with Gasteiger partial charge in [0.05, 0.1) is 23.4 Å². The number of hydrogen-bond donors (Lipinski definition) is 1. The second-order valence-electron chi connectivity index (χ2n) is 16.4. The number of halogens is 2. The number of nitrogens with one attached hydrogen (secondary N) is 1. The van der Waals surface area contributed by atoms with Gasteiger partial charge in [-0.25, -0.2) is 9.24 Å². The molecule has 300 valence electrons. The normalized spacial score (nSPS) is 23.7. The number of hydrogen-bond acceptors (Lipinski definition) is 11. The van der Waals surface area contributed by atoms with Gasteiger partial charge in [0.15, 0.2) is 11.5 Å². The van der Waals surface area contributed by atoms with Crippen molar-refractivity contribution in [3.05, 3.63) is 81.5 Å². The van der Waals surface area contributed by atoms with Crippen molar-refractivity contribution in [1.82, 2.24) is 30.2 Å². The van der Waals surface area contributed by atoms with Gasteiger partial charge >= 0.3 is 0 Å². The maximum absolute atomic E-state index is 15.4. The van der Waals surface area contributed by atoms with E-state index in [2.05, 4.69) is 42.0 Å². The highest BCUT2D eigenvalue weighted by Crippen LogP contribution is 2.46. The molecule has 5 fully saturated rings. The molecule has 3 aromatic rings. The van der Waals surface area contributed by atoms with E-state index in [9.17, 15) is 24.0 Å². The molecule has 2 aromatic carbocycles. The number of anilines is 3. The van der Waals surface area contributed by atoms with Gasteiger partial charge in [-0.3, -0.25) is 39.1 Å². The molecule has 2 atom stereocenters. The van der Waals surface area contributed by atoms with Crippen molar-refractivity contribution in [2.75, 3.05) is 73.6 Å². The third-order valence-electron chi connectivity index (χ3n) is 13.0. The maximum atomic E-state index is 15.4. The van der Waals surface area contributed by atoms with Crippen LogP contribution in [0.2, 0.25) is 5.02 Å². The van der Waals surface area contributed by atoms with Gasteiger partial charge in [-0.05, 0) is 74.4 Å². The predicted octanol–water partition coefficient (Wildman–Crippen LogP) is 3.75. The molecule has 15 nitrogen and oxygen atoms in total. The van der Waals surface area contributed by atoms with Crippen molar-refractivity contribution >= 4 is 64.0 Å². The number of benzene rings is 2. The van der Waals surface area contributed by atoms with Gasteiger partial charge in [0.25, 0.3) is 17.7 Å². The molecule has 9 rings (SSSR count). The van der Waals surface area contributed by atoms with Crippen molar-refractivity contribution in [1.29, 1.82) is 0 Å². The Balaban J connectivity index is 0.750. The molecule has 7 heterocycles. The van der Waals surface area contributed by atoms with E-state index in [0.29, 0.717) is 61.7 Å². The Bertz CT molecular complexity index is 2260. The van der Waals surface area contributed by atoms with Crippen molar-refractivity contribution in [2.24, 2.45) is 5.41 Å². The van der Waals surface area contributed by atoms with Crippen LogP contribution in [0.4, 0.5) is 27.3 Å². The summed E-state index contributed by atoms with van der Waals surface area (Å²) in [6.45, 7) is 15.5. The number of carbonyl (C=O) groups is 5. The molecule has 0 aliphatic carbocycles. The number of nitrogens with zero attached hydrogens (tertiary/aromatic N) is 9. The summed E-state index contributed by atoms with van der Waals surface area (Å²) < 4.78 is 15.4. The van der Waals surface area contributed by atoms with Crippen LogP contribution in [-0.2, 0) is 9.59 Å². The molecule has 17 heteroatoms. The van der Waals surface area contributed by atoms with Gasteiger partial charge in [0, 0.05) is 88.1 Å². The fraction of sp³-hybridized carbons (Fsp3) is 0.463. The Morgan fingerprint density at radius 1 is 0.931 bits per heavy atom. The molecule has 0 bridgehead atoms. The Labute approximate surface area is 339 Å². The minimum atomic E-state index is -1.12. The minimum absolute atomic E-state index is 0.00383. The van der Waals surface area contributed by atoms with Crippen LogP contribution in [0.25, 0.3) is 4.85 Å². The SMILES string of the molecule is [C-]#[N+]c1ccc(N2CC3(CCN(c4ccc(C(=O)N5CCN(C6CN(c7cc8c(cc7F)C(=O)N(C7CCC(=O)NC7=O)C8=O)C6)CC5)nn4)CC3)C[C@@H]2C)cc1Cl. The monoisotopic (exact) mass is 808 g/mol. The van der Waals surface area contributed by atoms with Gasteiger partial charge in [-0.15, -0.1) is 10.2 Å². The molecule has 1 aromatic heterocycles. The van der Waals surface area contributed by atoms with Crippen LogP contribution in [0.15, 0.2) is 42.5 Å². The maximum Gasteiger partial charge on any atom is 0.274 e. The summed E-state index contributed by atoms with van der Waals surface area (Å²) in [5, 5.41) is 11.5. The Morgan fingerprint density at radius 2 is 1.66 bits per heavy atom. The second kappa shape index (κ2) is 14.6. The zero-order chi connectivity index (χ0) is 40.5. The summed E-state index contributed by atoms with van der Waals surface area (Å²) in [6, 6.07) is 11.2. The lowest BCUT2D eigenvalue weighted by Crippen LogP contribution is -2.63. The van der Waals surface area contributed by atoms with Gasteiger partial charge in [-0.2, -0.15) is 0 Å². The van der Waals surface area contributed by atoms with E-state index in [1.54, 1.807) is 17.0 Å². The van der Waals surface area contributed by atoms with Crippen LogP contribution in [0.5, 0.6) is 0 Å². The Kier molecular flexibility index (Phi) is 9.55. The molecule has 5 amide bonds. The first-order valence-corrected chi connectivity index (χ1v) is 20.2. The quantitative estimate of drug-likeness (QED) is 0.287. The van der Waals surface area contributed by atoms with E-state index in [1.165, 1.54) is 6.07 Å². The highest BCUT2D eigenvalue weighted by Gasteiger charge is 2.47. The van der Waals surface area contributed by atoms with Crippen molar-refractivity contribution < 1.29 is 28.4 Å². The first kappa shape index (κ1) is 37.9. The van der Waals surface area contributed by atoms with Gasteiger partial charge in [-0.1, -0.05) is 17.7 Å². The third-order valence-corrected chi connectivity index (χ3v) is 13.3. The Morgan fingerprint density at radius 3 is 2.31 bits per heavy atom. The average Bonchev–Trinajstić information content (AvgIpc) is 3.65. The van der Waals surface area contributed by atoms with Crippen molar-refractivity contribution in [3.8, 4) is 0 Å². The van der Waals surface area contributed by atoms with Crippen LogP contribution in [-0.4, -0.2) is 131 Å². The van der Waals surface area contributed by atoms with Crippen molar-refractivity contribution in [3.63, 3.8) is 0 Å². The molecule has 0 saturated carbocycles. The van der Waals surface area contributed by atoms with Crippen LogP contribution in [0.1, 0.15) is 70.2 Å². The van der Waals surface area contributed by atoms with Crippen LogP contribution in [0.3, 0.4) is 0 Å². The molecule has 1 spiro atoms. The molecular formula is C41H42ClFN10O5. The van der Waals surface area contributed by atoms with Crippen LogP contribution in [0, 0.1) is 17.8 Å². The molecule has 6 aliphatic heterocycles. The number of amides is 5. The van der Waals surface area contributed by atoms with E-state index >= 15 is 4.39 Å². The van der Waals surface area contributed by atoms with E-state index in [4.69, 9.17) is 18.2 Å². The second-order valence-corrected chi connectivity index (χ2v) is 16.8. The summed E-state index contributed by atoms with van der Waals surface area (Å²) >= 11 is 6.36. The number of fused-ring (bicyclic) bond motifs is 1. The molecule has 5 saturated heterocycles. The van der Waals surface area contributed by atoms with Crippen LogP contribution < -0.4 is 20.0 Å². The zero-order valence-corrected chi connectivity index (χ0v) is 32.8. The topological polar surface area (TPSA) is 147 Å². The van der Waals surface area contributed by atoms with E-state index in [-0.39, 0.29) is 47.0 Å². The molecule has 0 radical (unpaired) electrons. The number of aromatic nitrogens is 2. The summed E-state index contributed by atoms with van der Waals surface area (Å²) in [4.78, 5) is 78.6. The molecule has 6 aliphatic rings. The molecule has 58 heavy (non-hydrogen) atoms. The standard InChI is InChI=1S/C41H42ClFN10O5/c1-24-20-41(23-52(24)25-3-4-31(44-2)29(42)17-25)9-11-49(12-10-41)35-7-5-32(46-47-35)40(58)50-15-13-48(14-16-50)26-21-51(22-26)34-19-28-27(18-30(34)43)38(56)53(39(28)57)33-6-8-36(54)45-37(33)55/h3-5,7,17-19,24,26,33H,6,8-16,20-23H2,1H3,(H,45,54,55)/t24-,33?/m0/s1. The summed E-state index contributed by atoms with van der Waals surface area (Å²) in [6.07, 6.45) is 3.15. The largest absolute Gasteiger partial charge is 0.368 e. The average molecular weight is 809 g/mol. The number of piperidine rings is 2. The first-order valence-electron chi connectivity index (χ1n) is 19.8. The number of imide groups is 2. The lowest BCUT2D eigenvalue weighted by molar-refractivity contribution is -0.136. The fourth-order valence-corrected chi connectivity index (χ4v) is 9.88. The lowest BCUT2D eigenvalue weighted by atomic mass is 9.77. The number of piperazine rings is 1. The molecule has 1 N–H and O–H groups in total. The van der Waals surface area contributed by atoms with Crippen molar-refractivity contribution in [2.45, 2.75) is 57.2 Å². The van der Waals surface area contributed by atoms with Gasteiger partial charge in [0.2, 0.25) is 17.5 Å². The minimum Gasteiger partial charge on any atom is -0.368 e. The van der Waals surface area contributed by atoms with E-state index in [0.717, 1.165) is 61.4 Å². The first-order chi connectivity index (χ1) is 27.9. The third kappa shape index (κ3) is 6.59. The highest BCUT2D eigenvalue weighted by atomic mass is 35.5. The summed E-state index contributed by atoms with van der Waals surface area (Å²) in [7, 11) is 0. The Hall–Kier alpha value is -5.66. The van der Waals surface area contributed by atoms with Gasteiger partial charge < -0.3 is 19.6 Å². The predicted molar refractivity (Wildman–Crippen MR) is 212 cm³/mol.